The zero-order valence-corrected chi connectivity index (χ0v) is 10.6. The fourth-order valence-electron chi connectivity index (χ4n) is 1.65. The SMILES string of the molecule is CN1C(N)=NCC1c1ccc(Br)cc1Cl. The summed E-state index contributed by atoms with van der Waals surface area (Å²) in [5, 5.41) is 0.742. The Morgan fingerprint density at radius 1 is 1.60 bits per heavy atom. The molecule has 0 bridgehead atoms. The highest BCUT2D eigenvalue weighted by atomic mass is 79.9. The molecule has 1 unspecified atom stereocenters. The summed E-state index contributed by atoms with van der Waals surface area (Å²) in [5.74, 6) is 0.569. The molecule has 15 heavy (non-hydrogen) atoms. The van der Waals surface area contributed by atoms with E-state index in [1.54, 1.807) is 0 Å². The number of rotatable bonds is 1. The maximum atomic E-state index is 6.17. The van der Waals surface area contributed by atoms with Crippen LogP contribution in [0.15, 0.2) is 27.7 Å². The van der Waals surface area contributed by atoms with E-state index >= 15 is 0 Å². The van der Waals surface area contributed by atoms with Crippen LogP contribution in [0, 0.1) is 0 Å². The molecule has 2 rings (SSSR count). The van der Waals surface area contributed by atoms with E-state index in [0.29, 0.717) is 12.5 Å². The average molecular weight is 289 g/mol. The fourth-order valence-corrected chi connectivity index (χ4v) is 2.45. The van der Waals surface area contributed by atoms with Crippen molar-refractivity contribution >= 4 is 33.5 Å². The molecule has 0 spiro atoms. The minimum Gasteiger partial charge on any atom is -0.370 e. The van der Waals surface area contributed by atoms with Crippen LogP contribution >= 0.6 is 27.5 Å². The minimum atomic E-state index is 0.158. The lowest BCUT2D eigenvalue weighted by Crippen LogP contribution is -2.32. The van der Waals surface area contributed by atoms with E-state index in [9.17, 15) is 0 Å². The molecule has 0 radical (unpaired) electrons. The maximum Gasteiger partial charge on any atom is 0.191 e. The fraction of sp³-hybridized carbons (Fsp3) is 0.300. The summed E-state index contributed by atoms with van der Waals surface area (Å²) in [6.45, 7) is 0.670. The number of hydrogen-bond acceptors (Lipinski definition) is 3. The second kappa shape index (κ2) is 4.02. The minimum absolute atomic E-state index is 0.158. The quantitative estimate of drug-likeness (QED) is 0.862. The number of nitrogens with two attached hydrogens (primary N) is 1. The zero-order valence-electron chi connectivity index (χ0n) is 8.24. The van der Waals surface area contributed by atoms with Gasteiger partial charge in [0.2, 0.25) is 0 Å². The first-order chi connectivity index (χ1) is 7.09. The third-order valence-electron chi connectivity index (χ3n) is 2.58. The Labute approximate surface area is 102 Å². The molecule has 0 saturated heterocycles. The van der Waals surface area contributed by atoms with Gasteiger partial charge in [0.1, 0.15) is 0 Å². The number of halogens is 2. The van der Waals surface area contributed by atoms with Crippen molar-refractivity contribution in [3.63, 3.8) is 0 Å². The van der Waals surface area contributed by atoms with Crippen molar-refractivity contribution in [1.82, 2.24) is 4.90 Å². The molecule has 2 N–H and O–H groups in total. The lowest BCUT2D eigenvalue weighted by atomic mass is 10.1. The van der Waals surface area contributed by atoms with Crippen molar-refractivity contribution in [2.24, 2.45) is 10.7 Å². The summed E-state index contributed by atoms with van der Waals surface area (Å²) in [6, 6.07) is 6.02. The number of guanidine groups is 1. The molecular formula is C10H11BrClN3. The molecule has 3 nitrogen and oxygen atoms in total. The molecule has 80 valence electrons. The largest absolute Gasteiger partial charge is 0.370 e. The van der Waals surface area contributed by atoms with Crippen LogP contribution in [0.3, 0.4) is 0 Å². The maximum absolute atomic E-state index is 6.17. The topological polar surface area (TPSA) is 41.6 Å². The van der Waals surface area contributed by atoms with Crippen LogP contribution in [-0.2, 0) is 0 Å². The summed E-state index contributed by atoms with van der Waals surface area (Å²) < 4.78 is 0.978. The summed E-state index contributed by atoms with van der Waals surface area (Å²) >= 11 is 9.55. The van der Waals surface area contributed by atoms with Crippen molar-refractivity contribution in [3.8, 4) is 0 Å². The molecule has 1 heterocycles. The van der Waals surface area contributed by atoms with Crippen molar-refractivity contribution in [2.75, 3.05) is 13.6 Å². The van der Waals surface area contributed by atoms with Crippen LogP contribution in [0.5, 0.6) is 0 Å². The molecule has 1 aliphatic rings. The van der Waals surface area contributed by atoms with E-state index in [1.165, 1.54) is 0 Å². The molecular weight excluding hydrogens is 277 g/mol. The predicted octanol–water partition coefficient (Wildman–Crippen LogP) is 2.40. The van der Waals surface area contributed by atoms with Gasteiger partial charge < -0.3 is 10.6 Å². The van der Waals surface area contributed by atoms with Gasteiger partial charge in [-0.15, -0.1) is 0 Å². The monoisotopic (exact) mass is 287 g/mol. The predicted molar refractivity (Wildman–Crippen MR) is 66.1 cm³/mol. The molecule has 1 aromatic rings. The highest BCUT2D eigenvalue weighted by molar-refractivity contribution is 9.10. The van der Waals surface area contributed by atoms with Gasteiger partial charge in [0, 0.05) is 16.5 Å². The van der Waals surface area contributed by atoms with Crippen molar-refractivity contribution in [3.05, 3.63) is 33.3 Å². The van der Waals surface area contributed by atoms with E-state index in [2.05, 4.69) is 20.9 Å². The lowest BCUT2D eigenvalue weighted by molar-refractivity contribution is 0.414. The summed E-state index contributed by atoms with van der Waals surface area (Å²) in [5.41, 5.74) is 6.77. The van der Waals surface area contributed by atoms with Crippen molar-refractivity contribution < 1.29 is 0 Å². The highest BCUT2D eigenvalue weighted by Crippen LogP contribution is 2.31. The molecule has 0 aromatic heterocycles. The second-order valence-corrected chi connectivity index (χ2v) is 4.81. The van der Waals surface area contributed by atoms with E-state index < -0.39 is 0 Å². The molecule has 1 atom stereocenters. The molecule has 5 heteroatoms. The normalized spacial score (nSPS) is 20.6. The third-order valence-corrected chi connectivity index (χ3v) is 3.40. The van der Waals surface area contributed by atoms with Gasteiger partial charge in [-0.25, -0.2) is 0 Å². The average Bonchev–Trinajstić information content (AvgIpc) is 2.49. The van der Waals surface area contributed by atoms with E-state index in [1.807, 2.05) is 30.1 Å². The van der Waals surface area contributed by atoms with Gasteiger partial charge in [-0.05, 0) is 17.7 Å². The van der Waals surface area contributed by atoms with Gasteiger partial charge in [-0.2, -0.15) is 0 Å². The molecule has 0 amide bonds. The first kappa shape index (κ1) is 10.8. The van der Waals surface area contributed by atoms with E-state index in [0.717, 1.165) is 15.1 Å². The molecule has 0 aliphatic carbocycles. The summed E-state index contributed by atoms with van der Waals surface area (Å²) in [7, 11) is 1.93. The number of benzene rings is 1. The van der Waals surface area contributed by atoms with Crippen LogP contribution in [0.2, 0.25) is 5.02 Å². The van der Waals surface area contributed by atoms with Gasteiger partial charge >= 0.3 is 0 Å². The van der Waals surface area contributed by atoms with Gasteiger partial charge in [-0.1, -0.05) is 33.6 Å². The standard InChI is InChI=1S/C10H11BrClN3/c1-15-9(5-14-10(15)13)7-3-2-6(11)4-8(7)12/h2-4,9H,5H2,1H3,(H2,13,14). The Balaban J connectivity index is 2.32. The Kier molecular flexibility index (Phi) is 2.89. The second-order valence-electron chi connectivity index (χ2n) is 3.49. The first-order valence-electron chi connectivity index (χ1n) is 4.57. The smallest absolute Gasteiger partial charge is 0.191 e. The number of likely N-dealkylation sites (N-methyl/N-ethyl adjacent to an activating group) is 1. The molecule has 0 saturated carbocycles. The molecule has 1 aromatic carbocycles. The van der Waals surface area contributed by atoms with Crippen LogP contribution in [0.4, 0.5) is 0 Å². The van der Waals surface area contributed by atoms with Crippen molar-refractivity contribution in [1.29, 1.82) is 0 Å². The zero-order chi connectivity index (χ0) is 11.0. The third kappa shape index (κ3) is 1.96. The van der Waals surface area contributed by atoms with E-state index in [4.69, 9.17) is 17.3 Å². The van der Waals surface area contributed by atoms with Crippen LogP contribution in [0.1, 0.15) is 11.6 Å². The van der Waals surface area contributed by atoms with Gasteiger partial charge in [0.25, 0.3) is 0 Å². The number of hydrogen-bond donors (Lipinski definition) is 1. The van der Waals surface area contributed by atoms with Crippen molar-refractivity contribution in [2.45, 2.75) is 6.04 Å². The Morgan fingerprint density at radius 3 is 2.87 bits per heavy atom. The summed E-state index contributed by atoms with van der Waals surface area (Å²) in [6.07, 6.45) is 0. The first-order valence-corrected chi connectivity index (χ1v) is 5.74. The highest BCUT2D eigenvalue weighted by Gasteiger charge is 2.25. The van der Waals surface area contributed by atoms with Crippen LogP contribution in [0.25, 0.3) is 0 Å². The Hall–Kier alpha value is -0.740. The Morgan fingerprint density at radius 2 is 2.33 bits per heavy atom. The van der Waals surface area contributed by atoms with Crippen LogP contribution < -0.4 is 5.73 Å². The lowest BCUT2D eigenvalue weighted by Gasteiger charge is -2.22. The van der Waals surface area contributed by atoms with Gasteiger partial charge in [0.15, 0.2) is 5.96 Å². The molecule has 0 fully saturated rings. The summed E-state index contributed by atoms with van der Waals surface area (Å²) in [4.78, 5) is 6.13. The van der Waals surface area contributed by atoms with Gasteiger partial charge in [-0.3, -0.25) is 4.99 Å². The Bertz CT molecular complexity index is 419. The number of nitrogens with zero attached hydrogens (tertiary/aromatic N) is 2. The van der Waals surface area contributed by atoms with E-state index in [-0.39, 0.29) is 6.04 Å². The molecule has 1 aliphatic heterocycles. The number of aliphatic imine (C=N–C) groups is 1. The van der Waals surface area contributed by atoms with Gasteiger partial charge in [0.05, 0.1) is 12.6 Å². The van der Waals surface area contributed by atoms with Crippen LogP contribution in [-0.4, -0.2) is 24.5 Å².